The van der Waals surface area contributed by atoms with Crippen LogP contribution >= 0.6 is 0 Å². The summed E-state index contributed by atoms with van der Waals surface area (Å²) in [7, 11) is 0. The second-order valence-corrected chi connectivity index (χ2v) is 2.56. The van der Waals surface area contributed by atoms with Gasteiger partial charge in [-0.2, -0.15) is 0 Å². The standard InChI is InChI=1S/C9H13N3O/c1-2-11-9(12-13)7-3-5-8(10)6-4-7/h3-6,13H,2,10H2,1H3,(H,11,12). The van der Waals surface area contributed by atoms with E-state index in [0.717, 1.165) is 5.56 Å². The van der Waals surface area contributed by atoms with Crippen LogP contribution in [0.25, 0.3) is 0 Å². The summed E-state index contributed by atoms with van der Waals surface area (Å²) in [6.45, 7) is 2.52. The molecule has 0 saturated carbocycles. The second-order valence-electron chi connectivity index (χ2n) is 2.56. The largest absolute Gasteiger partial charge is 0.399 e. The van der Waals surface area contributed by atoms with Crippen LogP contribution in [0.2, 0.25) is 0 Å². The SMILES string of the molecule is CCN=C(NO)c1ccc(N)cc1. The number of rotatable bonds is 2. The van der Waals surface area contributed by atoms with Crippen LogP contribution < -0.4 is 11.2 Å². The molecule has 13 heavy (non-hydrogen) atoms. The molecule has 0 saturated heterocycles. The number of nitrogens with two attached hydrogens (primary N) is 1. The summed E-state index contributed by atoms with van der Waals surface area (Å²) < 4.78 is 0. The second kappa shape index (κ2) is 4.47. The van der Waals surface area contributed by atoms with Gasteiger partial charge in [-0.1, -0.05) is 0 Å². The third-order valence-corrected chi connectivity index (χ3v) is 1.61. The molecule has 0 amide bonds. The first-order valence-corrected chi connectivity index (χ1v) is 4.08. The first kappa shape index (κ1) is 9.54. The van der Waals surface area contributed by atoms with E-state index in [4.69, 9.17) is 10.9 Å². The fraction of sp³-hybridized carbons (Fsp3) is 0.222. The van der Waals surface area contributed by atoms with Gasteiger partial charge >= 0.3 is 0 Å². The molecule has 4 N–H and O–H groups in total. The van der Waals surface area contributed by atoms with E-state index in [1.54, 1.807) is 24.3 Å². The van der Waals surface area contributed by atoms with E-state index in [9.17, 15) is 0 Å². The summed E-state index contributed by atoms with van der Waals surface area (Å²) in [5.74, 6) is 0.461. The van der Waals surface area contributed by atoms with Crippen LogP contribution in [-0.2, 0) is 0 Å². The number of nitrogen functional groups attached to an aromatic ring is 1. The Kier molecular flexibility index (Phi) is 3.28. The highest BCUT2D eigenvalue weighted by atomic mass is 16.5. The normalized spacial score (nSPS) is 11.4. The predicted molar refractivity (Wildman–Crippen MR) is 52.9 cm³/mol. The lowest BCUT2D eigenvalue weighted by atomic mass is 10.2. The van der Waals surface area contributed by atoms with Crippen LogP contribution in [0.1, 0.15) is 12.5 Å². The Labute approximate surface area is 77.1 Å². The molecule has 0 spiro atoms. The average Bonchev–Trinajstić information content (AvgIpc) is 2.16. The topological polar surface area (TPSA) is 70.6 Å². The maximum atomic E-state index is 8.77. The van der Waals surface area contributed by atoms with E-state index in [1.807, 2.05) is 12.4 Å². The molecule has 0 heterocycles. The zero-order valence-corrected chi connectivity index (χ0v) is 7.49. The summed E-state index contributed by atoms with van der Waals surface area (Å²) in [6, 6.07) is 7.12. The summed E-state index contributed by atoms with van der Waals surface area (Å²) in [5.41, 5.74) is 9.08. The summed E-state index contributed by atoms with van der Waals surface area (Å²) in [6.07, 6.45) is 0. The smallest absolute Gasteiger partial charge is 0.152 e. The number of hydroxylamine groups is 1. The summed E-state index contributed by atoms with van der Waals surface area (Å²) in [5, 5.41) is 8.77. The van der Waals surface area contributed by atoms with Crippen molar-refractivity contribution >= 4 is 11.5 Å². The first-order valence-electron chi connectivity index (χ1n) is 4.08. The molecule has 4 heteroatoms. The van der Waals surface area contributed by atoms with Crippen molar-refractivity contribution in [3.63, 3.8) is 0 Å². The monoisotopic (exact) mass is 179 g/mol. The van der Waals surface area contributed by atoms with E-state index in [2.05, 4.69) is 4.99 Å². The number of nitrogens with zero attached hydrogens (tertiary/aromatic N) is 1. The van der Waals surface area contributed by atoms with Crippen molar-refractivity contribution in [1.82, 2.24) is 5.48 Å². The molecule has 0 aliphatic heterocycles. The lowest BCUT2D eigenvalue weighted by Gasteiger charge is -2.04. The predicted octanol–water partition coefficient (Wildman–Crippen LogP) is 1.01. The number of hydrogen-bond donors (Lipinski definition) is 3. The third kappa shape index (κ3) is 2.45. The number of benzene rings is 1. The van der Waals surface area contributed by atoms with Crippen molar-refractivity contribution in [2.45, 2.75) is 6.92 Å². The molecule has 1 rings (SSSR count). The molecule has 0 aliphatic carbocycles. The molecule has 0 aliphatic rings. The fourth-order valence-electron chi connectivity index (χ4n) is 0.990. The molecule has 0 aromatic heterocycles. The molecule has 70 valence electrons. The van der Waals surface area contributed by atoms with E-state index in [1.165, 1.54) is 0 Å². The Bertz CT molecular complexity index is 292. The van der Waals surface area contributed by atoms with Crippen molar-refractivity contribution in [3.8, 4) is 0 Å². The Morgan fingerprint density at radius 1 is 1.46 bits per heavy atom. The van der Waals surface area contributed by atoms with Gasteiger partial charge in [0.15, 0.2) is 5.84 Å². The van der Waals surface area contributed by atoms with Crippen molar-refractivity contribution in [2.24, 2.45) is 4.99 Å². The molecule has 1 aromatic rings. The van der Waals surface area contributed by atoms with Crippen molar-refractivity contribution in [2.75, 3.05) is 12.3 Å². The number of anilines is 1. The quantitative estimate of drug-likeness (QED) is 0.275. The lowest BCUT2D eigenvalue weighted by molar-refractivity contribution is 0.234. The van der Waals surface area contributed by atoms with Crippen molar-refractivity contribution in [1.29, 1.82) is 0 Å². The molecule has 0 unspecified atom stereocenters. The first-order chi connectivity index (χ1) is 6.27. The van der Waals surface area contributed by atoms with Gasteiger partial charge in [-0.05, 0) is 31.2 Å². The molecule has 0 fully saturated rings. The van der Waals surface area contributed by atoms with Gasteiger partial charge in [-0.25, -0.2) is 0 Å². The molecule has 0 atom stereocenters. The van der Waals surface area contributed by atoms with Crippen molar-refractivity contribution < 1.29 is 5.21 Å². The molecular formula is C9H13N3O. The Balaban J connectivity index is 2.92. The zero-order chi connectivity index (χ0) is 9.68. The van der Waals surface area contributed by atoms with Gasteiger partial charge in [-0.15, -0.1) is 0 Å². The van der Waals surface area contributed by atoms with Gasteiger partial charge in [-0.3, -0.25) is 15.7 Å². The molecular weight excluding hydrogens is 166 g/mol. The van der Waals surface area contributed by atoms with Crippen LogP contribution in [0.4, 0.5) is 5.69 Å². The Morgan fingerprint density at radius 2 is 2.08 bits per heavy atom. The summed E-state index contributed by atoms with van der Waals surface area (Å²) >= 11 is 0. The summed E-state index contributed by atoms with van der Waals surface area (Å²) in [4.78, 5) is 4.06. The highest BCUT2D eigenvalue weighted by molar-refractivity contribution is 5.98. The van der Waals surface area contributed by atoms with Gasteiger partial charge in [0.05, 0.1) is 0 Å². The maximum Gasteiger partial charge on any atom is 0.152 e. The average molecular weight is 179 g/mol. The number of amidine groups is 1. The molecule has 0 bridgehead atoms. The number of nitrogens with one attached hydrogen (secondary N) is 1. The van der Waals surface area contributed by atoms with Crippen LogP contribution in [-0.4, -0.2) is 17.6 Å². The van der Waals surface area contributed by atoms with Gasteiger partial charge in [0.1, 0.15) is 0 Å². The Hall–Kier alpha value is -1.55. The minimum Gasteiger partial charge on any atom is -0.399 e. The van der Waals surface area contributed by atoms with E-state index in [0.29, 0.717) is 18.1 Å². The lowest BCUT2D eigenvalue weighted by Crippen LogP contribution is -2.20. The van der Waals surface area contributed by atoms with Crippen LogP contribution in [0.5, 0.6) is 0 Å². The van der Waals surface area contributed by atoms with Crippen LogP contribution in [0, 0.1) is 0 Å². The van der Waals surface area contributed by atoms with Gasteiger partial charge < -0.3 is 5.73 Å². The minimum absolute atomic E-state index is 0.461. The highest BCUT2D eigenvalue weighted by Gasteiger charge is 1.99. The van der Waals surface area contributed by atoms with E-state index < -0.39 is 0 Å². The van der Waals surface area contributed by atoms with Crippen LogP contribution in [0.3, 0.4) is 0 Å². The van der Waals surface area contributed by atoms with Crippen molar-refractivity contribution in [3.05, 3.63) is 29.8 Å². The fourth-order valence-corrected chi connectivity index (χ4v) is 0.990. The number of hydrogen-bond acceptors (Lipinski definition) is 3. The highest BCUT2D eigenvalue weighted by Crippen LogP contribution is 2.05. The zero-order valence-electron chi connectivity index (χ0n) is 7.49. The van der Waals surface area contributed by atoms with E-state index in [-0.39, 0.29) is 0 Å². The molecule has 1 aromatic carbocycles. The Morgan fingerprint density at radius 3 is 2.54 bits per heavy atom. The molecule has 4 nitrogen and oxygen atoms in total. The van der Waals surface area contributed by atoms with Crippen LogP contribution in [0.15, 0.2) is 29.3 Å². The maximum absolute atomic E-state index is 8.77. The minimum atomic E-state index is 0.461. The van der Waals surface area contributed by atoms with Gasteiger partial charge in [0.25, 0.3) is 0 Å². The number of aliphatic imine (C=N–C) groups is 1. The molecule has 0 radical (unpaired) electrons. The van der Waals surface area contributed by atoms with Gasteiger partial charge in [0.2, 0.25) is 0 Å². The third-order valence-electron chi connectivity index (χ3n) is 1.61. The van der Waals surface area contributed by atoms with E-state index >= 15 is 0 Å². The van der Waals surface area contributed by atoms with Gasteiger partial charge in [0, 0.05) is 17.8 Å².